The first-order chi connectivity index (χ1) is 10.1. The number of carbonyl (C=O) groups is 1. The number of phenols is 1. The highest BCUT2D eigenvalue weighted by Gasteiger charge is 2.10. The van der Waals surface area contributed by atoms with Crippen molar-refractivity contribution in [3.8, 4) is 11.5 Å². The fraction of sp³-hybridized carbons (Fsp3) is 0.0625. The zero-order valence-corrected chi connectivity index (χ0v) is 11.6. The van der Waals surface area contributed by atoms with Crippen molar-refractivity contribution in [2.24, 2.45) is 0 Å². The van der Waals surface area contributed by atoms with Crippen LogP contribution in [-0.2, 0) is 0 Å². The average Bonchev–Trinajstić information content (AvgIpc) is 2.52. The standard InChI is InChI=1S/C16H16N2O3/c1-11(12-7-9-13(21-2)10-8-12)17-18-16(20)14-5-3-4-6-15(14)19/h3-10,17,19H,1H2,2H3,(H,18,20). The number of nitrogens with one attached hydrogen (secondary N) is 2. The summed E-state index contributed by atoms with van der Waals surface area (Å²) in [4.78, 5) is 11.9. The Hall–Kier alpha value is -2.95. The number of amides is 1. The maximum absolute atomic E-state index is 11.9. The van der Waals surface area contributed by atoms with Gasteiger partial charge in [0.05, 0.1) is 18.4 Å². The lowest BCUT2D eigenvalue weighted by molar-refractivity contribution is 0.0940. The molecule has 2 aromatic carbocycles. The molecule has 0 spiro atoms. The van der Waals surface area contributed by atoms with Crippen LogP contribution in [0.3, 0.4) is 0 Å². The summed E-state index contributed by atoms with van der Waals surface area (Å²) in [5.41, 5.74) is 6.73. The van der Waals surface area contributed by atoms with Gasteiger partial charge in [-0.05, 0) is 42.0 Å². The summed E-state index contributed by atoms with van der Waals surface area (Å²) in [6.07, 6.45) is 0. The van der Waals surface area contributed by atoms with Crippen LogP contribution >= 0.6 is 0 Å². The fourth-order valence-electron chi connectivity index (χ4n) is 1.73. The second-order valence-corrected chi connectivity index (χ2v) is 4.30. The number of aromatic hydroxyl groups is 1. The molecule has 0 fully saturated rings. The molecule has 5 heteroatoms. The molecule has 3 N–H and O–H groups in total. The highest BCUT2D eigenvalue weighted by Crippen LogP contribution is 2.16. The minimum absolute atomic E-state index is 0.0770. The van der Waals surface area contributed by atoms with Gasteiger partial charge in [-0.25, -0.2) is 0 Å². The summed E-state index contributed by atoms with van der Waals surface area (Å²) in [6, 6.07) is 13.5. The van der Waals surface area contributed by atoms with Crippen molar-refractivity contribution >= 4 is 11.6 Å². The van der Waals surface area contributed by atoms with E-state index in [1.54, 1.807) is 31.4 Å². The fourth-order valence-corrected chi connectivity index (χ4v) is 1.73. The first-order valence-electron chi connectivity index (χ1n) is 6.29. The first kappa shape index (κ1) is 14.5. The third-order valence-electron chi connectivity index (χ3n) is 2.91. The summed E-state index contributed by atoms with van der Waals surface area (Å²) in [5, 5.41) is 9.60. The van der Waals surface area contributed by atoms with Gasteiger partial charge in [0.15, 0.2) is 0 Å². The SMILES string of the molecule is C=C(NNC(=O)c1ccccc1O)c1ccc(OC)cc1. The molecule has 0 aromatic heterocycles. The third kappa shape index (κ3) is 3.54. The van der Waals surface area contributed by atoms with Crippen LogP contribution < -0.4 is 15.6 Å². The zero-order valence-electron chi connectivity index (χ0n) is 11.6. The van der Waals surface area contributed by atoms with Gasteiger partial charge >= 0.3 is 0 Å². The van der Waals surface area contributed by atoms with E-state index in [4.69, 9.17) is 4.74 Å². The Labute approximate surface area is 122 Å². The number of benzene rings is 2. The van der Waals surface area contributed by atoms with Gasteiger partial charge in [0.1, 0.15) is 11.5 Å². The highest BCUT2D eigenvalue weighted by molar-refractivity contribution is 5.96. The Morgan fingerprint density at radius 1 is 1.10 bits per heavy atom. The van der Waals surface area contributed by atoms with Crippen molar-refractivity contribution < 1.29 is 14.6 Å². The lowest BCUT2D eigenvalue weighted by atomic mass is 10.2. The van der Waals surface area contributed by atoms with Crippen LogP contribution in [0, 0.1) is 0 Å². The molecule has 108 valence electrons. The number of carbonyl (C=O) groups excluding carboxylic acids is 1. The van der Waals surface area contributed by atoms with E-state index in [1.165, 1.54) is 12.1 Å². The lowest BCUT2D eigenvalue weighted by Crippen LogP contribution is -2.35. The topological polar surface area (TPSA) is 70.6 Å². The van der Waals surface area contributed by atoms with Gasteiger partial charge in [-0.3, -0.25) is 15.6 Å². The lowest BCUT2D eigenvalue weighted by Gasteiger charge is -2.12. The molecule has 0 saturated carbocycles. The Kier molecular flexibility index (Phi) is 4.46. The number of phenolic OH excluding ortho intramolecular Hbond substituents is 1. The number of hydrogen-bond acceptors (Lipinski definition) is 4. The van der Waals surface area contributed by atoms with E-state index in [-0.39, 0.29) is 11.3 Å². The van der Waals surface area contributed by atoms with Crippen LogP contribution in [0.5, 0.6) is 11.5 Å². The van der Waals surface area contributed by atoms with Crippen molar-refractivity contribution in [1.82, 2.24) is 10.9 Å². The number of ether oxygens (including phenoxy) is 1. The van der Waals surface area contributed by atoms with E-state index in [1.807, 2.05) is 12.1 Å². The maximum atomic E-state index is 11.9. The van der Waals surface area contributed by atoms with Crippen LogP contribution in [0.15, 0.2) is 55.1 Å². The number of para-hydroxylation sites is 1. The van der Waals surface area contributed by atoms with E-state index in [2.05, 4.69) is 17.4 Å². The summed E-state index contributed by atoms with van der Waals surface area (Å²) in [5.74, 6) is 0.222. The Balaban J connectivity index is 1.97. The second kappa shape index (κ2) is 6.47. The number of rotatable bonds is 5. The normalized spacial score (nSPS) is 9.76. The molecular weight excluding hydrogens is 268 g/mol. The Bertz CT molecular complexity index is 651. The van der Waals surface area contributed by atoms with E-state index in [9.17, 15) is 9.90 Å². The minimum atomic E-state index is -0.442. The molecule has 0 aliphatic carbocycles. The van der Waals surface area contributed by atoms with Crippen LogP contribution in [0.1, 0.15) is 15.9 Å². The van der Waals surface area contributed by atoms with Crippen LogP contribution in [-0.4, -0.2) is 18.1 Å². The summed E-state index contributed by atoms with van der Waals surface area (Å²) < 4.78 is 5.07. The second-order valence-electron chi connectivity index (χ2n) is 4.30. The molecule has 0 saturated heterocycles. The zero-order chi connectivity index (χ0) is 15.2. The van der Waals surface area contributed by atoms with E-state index in [0.717, 1.165) is 11.3 Å². The van der Waals surface area contributed by atoms with E-state index < -0.39 is 5.91 Å². The van der Waals surface area contributed by atoms with E-state index in [0.29, 0.717) is 5.70 Å². The van der Waals surface area contributed by atoms with Gasteiger partial charge in [0.2, 0.25) is 0 Å². The van der Waals surface area contributed by atoms with Crippen molar-refractivity contribution in [2.45, 2.75) is 0 Å². The Morgan fingerprint density at radius 2 is 1.76 bits per heavy atom. The van der Waals surface area contributed by atoms with Crippen LogP contribution in [0.25, 0.3) is 5.70 Å². The smallest absolute Gasteiger partial charge is 0.273 e. The summed E-state index contributed by atoms with van der Waals surface area (Å²) in [7, 11) is 1.59. The van der Waals surface area contributed by atoms with Gasteiger partial charge in [0.25, 0.3) is 5.91 Å². The maximum Gasteiger partial charge on any atom is 0.273 e. The van der Waals surface area contributed by atoms with Crippen molar-refractivity contribution in [3.63, 3.8) is 0 Å². The molecule has 0 unspecified atom stereocenters. The predicted octanol–water partition coefficient (Wildman–Crippen LogP) is 2.31. The molecule has 0 heterocycles. The summed E-state index contributed by atoms with van der Waals surface area (Å²) >= 11 is 0. The minimum Gasteiger partial charge on any atom is -0.507 e. The summed E-state index contributed by atoms with van der Waals surface area (Å²) in [6.45, 7) is 3.84. The molecule has 0 aliphatic heterocycles. The quantitative estimate of drug-likeness (QED) is 0.737. The first-order valence-corrected chi connectivity index (χ1v) is 6.29. The highest BCUT2D eigenvalue weighted by atomic mass is 16.5. The van der Waals surface area contributed by atoms with Gasteiger partial charge in [-0.1, -0.05) is 18.7 Å². The molecule has 1 amide bonds. The molecule has 0 radical (unpaired) electrons. The third-order valence-corrected chi connectivity index (χ3v) is 2.91. The number of hydrazine groups is 1. The van der Waals surface area contributed by atoms with Crippen LogP contribution in [0.2, 0.25) is 0 Å². The molecule has 2 rings (SSSR count). The molecular formula is C16H16N2O3. The largest absolute Gasteiger partial charge is 0.507 e. The number of methoxy groups -OCH3 is 1. The average molecular weight is 284 g/mol. The van der Waals surface area contributed by atoms with E-state index >= 15 is 0 Å². The van der Waals surface area contributed by atoms with Gasteiger partial charge in [-0.2, -0.15) is 0 Å². The van der Waals surface area contributed by atoms with Crippen molar-refractivity contribution in [1.29, 1.82) is 0 Å². The monoisotopic (exact) mass is 284 g/mol. The molecule has 0 atom stereocenters. The molecule has 0 bridgehead atoms. The molecule has 2 aromatic rings. The van der Waals surface area contributed by atoms with Gasteiger partial charge in [-0.15, -0.1) is 0 Å². The molecule has 5 nitrogen and oxygen atoms in total. The van der Waals surface area contributed by atoms with Crippen LogP contribution in [0.4, 0.5) is 0 Å². The van der Waals surface area contributed by atoms with Crippen molar-refractivity contribution in [2.75, 3.05) is 7.11 Å². The van der Waals surface area contributed by atoms with Crippen molar-refractivity contribution in [3.05, 3.63) is 66.2 Å². The molecule has 0 aliphatic rings. The Morgan fingerprint density at radius 3 is 2.38 bits per heavy atom. The molecule has 21 heavy (non-hydrogen) atoms. The number of hydrogen-bond donors (Lipinski definition) is 3. The van der Waals surface area contributed by atoms with Gasteiger partial charge in [0, 0.05) is 0 Å². The van der Waals surface area contributed by atoms with Gasteiger partial charge < -0.3 is 9.84 Å². The predicted molar refractivity (Wildman–Crippen MR) is 80.7 cm³/mol.